The Balaban J connectivity index is 1.64. The molecule has 1 unspecified atom stereocenters. The average Bonchev–Trinajstić information content (AvgIpc) is 2.60. The Kier molecular flexibility index (Phi) is 5.39. The van der Waals surface area contributed by atoms with Crippen LogP contribution in [0.15, 0.2) is 48.5 Å². The molecule has 2 aromatic carbocycles. The van der Waals surface area contributed by atoms with Gasteiger partial charge in [-0.05, 0) is 48.6 Å². The largest absolute Gasteiger partial charge is 0.336 e. The fourth-order valence-corrected chi connectivity index (χ4v) is 3.53. The van der Waals surface area contributed by atoms with Crippen molar-refractivity contribution in [2.45, 2.75) is 25.2 Å². The molecular formula is C20H21ClN2O2. The molecule has 0 radical (unpaired) electrons. The Morgan fingerprint density at radius 1 is 1.20 bits per heavy atom. The lowest BCUT2D eigenvalue weighted by atomic mass is 9.82. The first-order valence-electron chi connectivity index (χ1n) is 8.43. The van der Waals surface area contributed by atoms with Gasteiger partial charge in [0.2, 0.25) is 11.8 Å². The van der Waals surface area contributed by atoms with Crippen molar-refractivity contribution in [3.8, 4) is 0 Å². The van der Waals surface area contributed by atoms with Crippen LogP contribution in [0, 0.1) is 0 Å². The van der Waals surface area contributed by atoms with Crippen molar-refractivity contribution in [3.05, 3.63) is 64.7 Å². The van der Waals surface area contributed by atoms with Crippen molar-refractivity contribution in [2.75, 3.05) is 18.9 Å². The van der Waals surface area contributed by atoms with Crippen molar-refractivity contribution >= 4 is 29.1 Å². The maximum absolute atomic E-state index is 12.8. The number of carbonyl (C=O) groups is 2. The maximum atomic E-state index is 12.8. The number of amides is 2. The van der Waals surface area contributed by atoms with Gasteiger partial charge in [-0.1, -0.05) is 41.9 Å². The molecule has 0 spiro atoms. The zero-order valence-corrected chi connectivity index (χ0v) is 14.9. The first kappa shape index (κ1) is 17.5. The van der Waals surface area contributed by atoms with Crippen LogP contribution in [0.2, 0.25) is 5.02 Å². The zero-order chi connectivity index (χ0) is 17.8. The van der Waals surface area contributed by atoms with E-state index < -0.39 is 0 Å². The molecule has 0 aromatic heterocycles. The summed E-state index contributed by atoms with van der Waals surface area (Å²) in [7, 11) is 1.68. The van der Waals surface area contributed by atoms with Crippen LogP contribution < -0.4 is 5.32 Å². The van der Waals surface area contributed by atoms with Crippen LogP contribution in [0.3, 0.4) is 0 Å². The first-order valence-corrected chi connectivity index (χ1v) is 8.80. The number of rotatable bonds is 4. The van der Waals surface area contributed by atoms with Crippen molar-refractivity contribution in [1.29, 1.82) is 0 Å². The van der Waals surface area contributed by atoms with E-state index in [-0.39, 0.29) is 24.3 Å². The highest BCUT2D eigenvalue weighted by Gasteiger charge is 2.29. The van der Waals surface area contributed by atoms with E-state index in [4.69, 9.17) is 11.6 Å². The van der Waals surface area contributed by atoms with Gasteiger partial charge in [-0.3, -0.25) is 9.59 Å². The Labute approximate surface area is 152 Å². The quantitative estimate of drug-likeness (QED) is 0.904. The summed E-state index contributed by atoms with van der Waals surface area (Å²) < 4.78 is 0. The van der Waals surface area contributed by atoms with E-state index in [1.807, 2.05) is 18.2 Å². The van der Waals surface area contributed by atoms with E-state index in [2.05, 4.69) is 11.4 Å². The SMILES string of the molecule is CN(CC(=O)Nc1cccc(Cl)c1)C(=O)C1CCCc2ccccc21. The molecule has 1 aliphatic rings. The molecule has 25 heavy (non-hydrogen) atoms. The third-order valence-corrected chi connectivity index (χ3v) is 4.77. The average molecular weight is 357 g/mol. The van der Waals surface area contributed by atoms with Crippen LogP contribution in [0.5, 0.6) is 0 Å². The molecule has 0 bridgehead atoms. The van der Waals surface area contributed by atoms with Crippen LogP contribution in [0.25, 0.3) is 0 Å². The van der Waals surface area contributed by atoms with Gasteiger partial charge in [0.15, 0.2) is 0 Å². The molecule has 4 nitrogen and oxygen atoms in total. The summed E-state index contributed by atoms with van der Waals surface area (Å²) in [4.78, 5) is 26.6. The molecule has 0 saturated carbocycles. The maximum Gasteiger partial charge on any atom is 0.243 e. The summed E-state index contributed by atoms with van der Waals surface area (Å²) in [5.41, 5.74) is 2.96. The van der Waals surface area contributed by atoms with Gasteiger partial charge in [-0.2, -0.15) is 0 Å². The molecule has 0 heterocycles. The van der Waals surface area contributed by atoms with Gasteiger partial charge in [0.1, 0.15) is 0 Å². The number of halogens is 1. The van der Waals surface area contributed by atoms with Crippen molar-refractivity contribution < 1.29 is 9.59 Å². The van der Waals surface area contributed by atoms with Crippen LogP contribution in [0.4, 0.5) is 5.69 Å². The topological polar surface area (TPSA) is 49.4 Å². The van der Waals surface area contributed by atoms with Gasteiger partial charge in [-0.15, -0.1) is 0 Å². The number of benzene rings is 2. The first-order chi connectivity index (χ1) is 12.0. The minimum Gasteiger partial charge on any atom is -0.336 e. The summed E-state index contributed by atoms with van der Waals surface area (Å²) in [5.74, 6) is -0.399. The number of likely N-dealkylation sites (N-methyl/N-ethyl adjacent to an activating group) is 1. The lowest BCUT2D eigenvalue weighted by Gasteiger charge is -2.28. The molecule has 0 fully saturated rings. The van der Waals surface area contributed by atoms with E-state index in [1.54, 1.807) is 31.3 Å². The summed E-state index contributed by atoms with van der Waals surface area (Å²) in [6, 6.07) is 15.0. The Morgan fingerprint density at radius 3 is 2.80 bits per heavy atom. The molecule has 3 rings (SSSR count). The number of aryl methyl sites for hydroxylation is 1. The molecule has 130 valence electrons. The van der Waals surface area contributed by atoms with Gasteiger partial charge in [0.05, 0.1) is 12.5 Å². The smallest absolute Gasteiger partial charge is 0.243 e. The predicted molar refractivity (Wildman–Crippen MR) is 99.8 cm³/mol. The molecule has 1 aliphatic carbocycles. The van der Waals surface area contributed by atoms with E-state index in [1.165, 1.54) is 10.5 Å². The second-order valence-corrected chi connectivity index (χ2v) is 6.83. The zero-order valence-electron chi connectivity index (χ0n) is 14.2. The summed E-state index contributed by atoms with van der Waals surface area (Å²) in [6.45, 7) is 0.0179. The van der Waals surface area contributed by atoms with Crippen molar-refractivity contribution in [1.82, 2.24) is 4.90 Å². The normalized spacial score (nSPS) is 16.0. The number of nitrogens with zero attached hydrogens (tertiary/aromatic N) is 1. The van der Waals surface area contributed by atoms with E-state index in [9.17, 15) is 9.59 Å². The van der Waals surface area contributed by atoms with E-state index in [0.29, 0.717) is 10.7 Å². The van der Waals surface area contributed by atoms with Crippen LogP contribution in [-0.2, 0) is 16.0 Å². The number of hydrogen-bond donors (Lipinski definition) is 1. The highest BCUT2D eigenvalue weighted by atomic mass is 35.5. The molecule has 5 heteroatoms. The molecule has 2 aromatic rings. The van der Waals surface area contributed by atoms with Crippen molar-refractivity contribution in [2.24, 2.45) is 0 Å². The van der Waals surface area contributed by atoms with Crippen LogP contribution in [0.1, 0.15) is 29.9 Å². The third-order valence-electron chi connectivity index (χ3n) is 4.53. The van der Waals surface area contributed by atoms with Crippen LogP contribution >= 0.6 is 11.6 Å². The van der Waals surface area contributed by atoms with E-state index >= 15 is 0 Å². The fraction of sp³-hybridized carbons (Fsp3) is 0.300. The monoisotopic (exact) mass is 356 g/mol. The highest BCUT2D eigenvalue weighted by molar-refractivity contribution is 6.30. The predicted octanol–water partition coefficient (Wildman–Crippen LogP) is 3.86. The summed E-state index contributed by atoms with van der Waals surface area (Å²) in [5, 5.41) is 3.33. The summed E-state index contributed by atoms with van der Waals surface area (Å²) >= 11 is 5.92. The Hall–Kier alpha value is -2.33. The van der Waals surface area contributed by atoms with Gasteiger partial charge in [0.25, 0.3) is 0 Å². The molecule has 0 aliphatic heterocycles. The minimum atomic E-state index is -0.234. The Morgan fingerprint density at radius 2 is 2.00 bits per heavy atom. The summed E-state index contributed by atoms with van der Waals surface area (Å²) in [6.07, 6.45) is 2.84. The second-order valence-electron chi connectivity index (χ2n) is 6.40. The fourth-order valence-electron chi connectivity index (χ4n) is 3.34. The lowest BCUT2D eigenvalue weighted by molar-refractivity contribution is -0.134. The van der Waals surface area contributed by atoms with Crippen LogP contribution in [-0.4, -0.2) is 30.3 Å². The molecule has 2 amide bonds. The lowest BCUT2D eigenvalue weighted by Crippen LogP contribution is -2.38. The molecule has 0 saturated heterocycles. The van der Waals surface area contributed by atoms with E-state index in [0.717, 1.165) is 24.8 Å². The number of nitrogens with one attached hydrogen (secondary N) is 1. The van der Waals surface area contributed by atoms with Gasteiger partial charge >= 0.3 is 0 Å². The number of carbonyl (C=O) groups excluding carboxylic acids is 2. The number of hydrogen-bond acceptors (Lipinski definition) is 2. The molecule has 1 atom stereocenters. The van der Waals surface area contributed by atoms with Gasteiger partial charge in [-0.25, -0.2) is 0 Å². The van der Waals surface area contributed by atoms with Gasteiger partial charge < -0.3 is 10.2 Å². The van der Waals surface area contributed by atoms with Gasteiger partial charge in [0, 0.05) is 17.8 Å². The van der Waals surface area contributed by atoms with Crippen molar-refractivity contribution in [3.63, 3.8) is 0 Å². The molecule has 1 N–H and O–H groups in total. The second kappa shape index (κ2) is 7.70. The molecular weight excluding hydrogens is 336 g/mol. The minimum absolute atomic E-state index is 0.00612. The highest BCUT2D eigenvalue weighted by Crippen LogP contribution is 2.32. The Bertz CT molecular complexity index is 791. The number of anilines is 1. The number of fused-ring (bicyclic) bond motifs is 1. The third kappa shape index (κ3) is 4.20. The standard InChI is InChI=1S/C20H21ClN2O2/c1-23(13-19(24)22-16-9-5-8-15(21)12-16)20(25)18-11-4-7-14-6-2-3-10-17(14)18/h2-3,5-6,8-10,12,18H,4,7,11,13H2,1H3,(H,22,24).